The Morgan fingerprint density at radius 2 is 1.71 bits per heavy atom. The molecule has 0 spiro atoms. The van der Waals surface area contributed by atoms with Gasteiger partial charge in [0.25, 0.3) is 0 Å². The van der Waals surface area contributed by atoms with E-state index in [1.54, 1.807) is 18.3 Å². The van der Waals surface area contributed by atoms with E-state index < -0.39 is 0 Å². The molecule has 1 aromatic heterocycles. The van der Waals surface area contributed by atoms with Gasteiger partial charge in [-0.25, -0.2) is 0 Å². The molecular weight excluding hydrogens is 235 g/mol. The second kappa shape index (κ2) is 7.01. The van der Waals surface area contributed by atoms with Crippen LogP contribution in [-0.4, -0.2) is 24.0 Å². The number of carbonyl (C=O) groups excluding carboxylic acids is 1. The Morgan fingerprint density at radius 3 is 2.24 bits per heavy atom. The first-order chi connectivity index (χ1) is 7.25. The van der Waals surface area contributed by atoms with Gasteiger partial charge in [0.1, 0.15) is 0 Å². The molecule has 0 fully saturated rings. The molecule has 3 nitrogen and oxygen atoms in total. The predicted octanol–water partition coefficient (Wildman–Crippen LogP) is -0.311. The predicted molar refractivity (Wildman–Crippen MR) is 74.4 cm³/mol. The topological polar surface area (TPSA) is 80.1 Å². The lowest BCUT2D eigenvalue weighted by atomic mass is 9.69. The van der Waals surface area contributed by atoms with Crippen LogP contribution in [0.25, 0.3) is 0 Å². The minimum Gasteiger partial charge on any atom is -0.412 e. The molecule has 0 aliphatic heterocycles. The Hall–Kier alpha value is -1.43. The van der Waals surface area contributed by atoms with Crippen molar-refractivity contribution in [3.63, 3.8) is 0 Å². The Kier molecular flexibility index (Phi) is 6.42. The summed E-state index contributed by atoms with van der Waals surface area (Å²) in [6, 6.07) is 14.2. The third-order valence-electron chi connectivity index (χ3n) is 2.23. The van der Waals surface area contributed by atoms with Crippen molar-refractivity contribution in [2.24, 2.45) is 0 Å². The first-order valence-electron chi connectivity index (χ1n) is 4.89. The van der Waals surface area contributed by atoms with Crippen molar-refractivity contribution in [2.45, 2.75) is 6.92 Å². The average molecular weight is 250 g/mol. The van der Waals surface area contributed by atoms with Gasteiger partial charge in [0, 0.05) is 0 Å². The van der Waals surface area contributed by atoms with E-state index in [0.717, 1.165) is 12.2 Å². The number of ketones is 1. The third kappa shape index (κ3) is 4.15. The van der Waals surface area contributed by atoms with Crippen molar-refractivity contribution in [1.29, 1.82) is 0 Å². The molecule has 1 heterocycles. The molecule has 0 bridgehead atoms. The molecule has 5 heteroatoms. The molecule has 0 unspecified atom stereocenters. The summed E-state index contributed by atoms with van der Waals surface area (Å²) in [6.45, 7) is 1.61. The number of thiophene rings is 1. The van der Waals surface area contributed by atoms with Gasteiger partial charge in [-0.3, -0.25) is 4.79 Å². The van der Waals surface area contributed by atoms with E-state index in [9.17, 15) is 4.79 Å². The molecule has 0 saturated heterocycles. The van der Waals surface area contributed by atoms with Crippen molar-refractivity contribution >= 4 is 34.6 Å². The van der Waals surface area contributed by atoms with E-state index >= 15 is 0 Å². The zero-order valence-corrected chi connectivity index (χ0v) is 10.4. The minimum absolute atomic E-state index is 0. The normalized spacial score (nSPS) is 8.76. The largest absolute Gasteiger partial charge is 0.412 e. The quantitative estimate of drug-likeness (QED) is 0.543. The minimum atomic E-state index is 0. The van der Waals surface area contributed by atoms with Crippen LogP contribution in [0.15, 0.2) is 42.5 Å². The highest BCUT2D eigenvalue weighted by molar-refractivity contribution is 7.24. The van der Waals surface area contributed by atoms with Gasteiger partial charge in [0.2, 0.25) is 7.28 Å². The molecule has 1 aromatic carbocycles. The number of hydrogen-bond donors (Lipinski definition) is 0. The lowest BCUT2D eigenvalue weighted by Crippen LogP contribution is -2.23. The van der Waals surface area contributed by atoms with Gasteiger partial charge >= 0.3 is 0 Å². The number of benzene rings is 1. The van der Waals surface area contributed by atoms with Crippen LogP contribution in [-0.2, 0) is 0 Å². The van der Waals surface area contributed by atoms with Crippen LogP contribution >= 0.6 is 11.3 Å². The van der Waals surface area contributed by atoms with Crippen molar-refractivity contribution in [1.82, 2.24) is 0 Å². The third-order valence-corrected chi connectivity index (χ3v) is 3.42. The summed E-state index contributed by atoms with van der Waals surface area (Å²) in [5, 5.41) is 0. The van der Waals surface area contributed by atoms with Crippen LogP contribution < -0.4 is 10.2 Å². The molecule has 2 rings (SSSR count). The summed E-state index contributed by atoms with van der Waals surface area (Å²) in [4.78, 5) is 12.0. The monoisotopic (exact) mass is 250 g/mol. The van der Waals surface area contributed by atoms with Gasteiger partial charge in [0.15, 0.2) is 5.78 Å². The fraction of sp³-hybridized carbons (Fsp3) is 0.0833. The molecule has 0 aliphatic carbocycles. The molecule has 90 valence electrons. The molecule has 0 aliphatic rings. The summed E-state index contributed by atoms with van der Waals surface area (Å²) in [5.74, 6) is 0.152. The summed E-state index contributed by atoms with van der Waals surface area (Å²) >= 11 is 1.59. The van der Waals surface area contributed by atoms with Gasteiger partial charge in [-0.2, -0.15) is 0 Å². The number of hydrogen-bond acceptors (Lipinski definition) is 2. The maximum absolute atomic E-state index is 11.1. The van der Waals surface area contributed by atoms with Crippen LogP contribution in [0.3, 0.4) is 0 Å². The van der Waals surface area contributed by atoms with Gasteiger partial charge in [-0.15, -0.1) is 11.3 Å². The van der Waals surface area contributed by atoms with E-state index in [1.165, 1.54) is 10.2 Å². The maximum Gasteiger partial charge on any atom is 0.205 e. The highest BCUT2D eigenvalue weighted by atomic mass is 32.1. The van der Waals surface area contributed by atoms with E-state index in [1.807, 2.05) is 30.3 Å². The number of Topliss-reactive ketones (excluding diaryl/α,β-unsaturated/α-hetero) is 1. The standard InChI is InChI=1S/C12H11BOS.2H2O/c1-9(14)11-7-8-12(15-11)13-10-5-3-2-4-6-10;;/h2-8,13H,1H3;2*1H2. The molecule has 0 amide bonds. The number of rotatable bonds is 3. The molecule has 4 N–H and O–H groups in total. The van der Waals surface area contributed by atoms with Crippen molar-refractivity contribution in [2.75, 3.05) is 0 Å². The van der Waals surface area contributed by atoms with Crippen LogP contribution in [0.5, 0.6) is 0 Å². The molecule has 0 saturated carbocycles. The van der Waals surface area contributed by atoms with Crippen molar-refractivity contribution in [3.05, 3.63) is 47.3 Å². The smallest absolute Gasteiger partial charge is 0.205 e. The van der Waals surface area contributed by atoms with E-state index in [4.69, 9.17) is 0 Å². The molecular formula is C12H15BO3S. The maximum atomic E-state index is 11.1. The zero-order chi connectivity index (χ0) is 10.7. The SMILES string of the molecule is CC(=O)c1ccc(Bc2ccccc2)s1.O.O. The number of carbonyl (C=O) groups is 1. The van der Waals surface area contributed by atoms with Crippen LogP contribution in [0.2, 0.25) is 0 Å². The molecule has 17 heavy (non-hydrogen) atoms. The summed E-state index contributed by atoms with van der Waals surface area (Å²) in [7, 11) is 0.915. The summed E-state index contributed by atoms with van der Waals surface area (Å²) < 4.78 is 1.24. The van der Waals surface area contributed by atoms with Crippen molar-refractivity contribution < 1.29 is 15.7 Å². The van der Waals surface area contributed by atoms with Gasteiger partial charge in [0.05, 0.1) is 4.88 Å². The molecule has 0 radical (unpaired) electrons. The average Bonchev–Trinajstić information content (AvgIpc) is 2.68. The summed E-state index contributed by atoms with van der Waals surface area (Å²) in [5.41, 5.74) is 1.29. The molecule has 2 aromatic rings. The molecule has 0 atom stereocenters. The first kappa shape index (κ1) is 15.6. The second-order valence-corrected chi connectivity index (χ2v) is 4.65. The highest BCUT2D eigenvalue weighted by Gasteiger charge is 2.05. The van der Waals surface area contributed by atoms with E-state index in [2.05, 4.69) is 12.1 Å². The Balaban J connectivity index is 0.00000128. The van der Waals surface area contributed by atoms with Crippen LogP contribution in [0, 0.1) is 0 Å². The highest BCUT2D eigenvalue weighted by Crippen LogP contribution is 2.06. The zero-order valence-electron chi connectivity index (χ0n) is 9.57. The Morgan fingerprint density at radius 1 is 1.06 bits per heavy atom. The second-order valence-electron chi connectivity index (χ2n) is 3.48. The van der Waals surface area contributed by atoms with Gasteiger partial charge in [-0.05, 0) is 17.8 Å². The Labute approximate surface area is 105 Å². The van der Waals surface area contributed by atoms with Crippen molar-refractivity contribution in [3.8, 4) is 0 Å². The van der Waals surface area contributed by atoms with E-state index in [-0.39, 0.29) is 16.7 Å². The van der Waals surface area contributed by atoms with Crippen LogP contribution in [0.1, 0.15) is 16.6 Å². The summed E-state index contributed by atoms with van der Waals surface area (Å²) in [6.07, 6.45) is 0. The van der Waals surface area contributed by atoms with Gasteiger partial charge in [-0.1, -0.05) is 41.9 Å². The Bertz CT molecular complexity index is 468. The van der Waals surface area contributed by atoms with Gasteiger partial charge < -0.3 is 11.0 Å². The fourth-order valence-electron chi connectivity index (χ4n) is 1.46. The lowest BCUT2D eigenvalue weighted by molar-refractivity contribution is 0.102. The first-order valence-corrected chi connectivity index (χ1v) is 5.71. The fourth-order valence-corrected chi connectivity index (χ4v) is 2.40. The lowest BCUT2D eigenvalue weighted by Gasteiger charge is -1.94. The van der Waals surface area contributed by atoms with E-state index in [0.29, 0.717) is 0 Å². The van der Waals surface area contributed by atoms with Crippen LogP contribution in [0.4, 0.5) is 0 Å².